The first-order chi connectivity index (χ1) is 9.82. The van der Waals surface area contributed by atoms with E-state index in [1.54, 1.807) is 12.1 Å². The first-order valence-electron chi connectivity index (χ1n) is 7.06. The molecule has 1 fully saturated rings. The highest BCUT2D eigenvalue weighted by Crippen LogP contribution is 2.27. The molecule has 0 amide bonds. The molecule has 0 atom stereocenters. The second-order valence-electron chi connectivity index (χ2n) is 5.68. The van der Waals surface area contributed by atoms with Crippen LogP contribution in [0.2, 0.25) is 5.02 Å². The molecule has 0 bridgehead atoms. The van der Waals surface area contributed by atoms with Gasteiger partial charge < -0.3 is 5.73 Å². The number of nitrogens with one attached hydrogen (secondary N) is 1. The van der Waals surface area contributed by atoms with Gasteiger partial charge in [-0.05, 0) is 31.0 Å². The minimum absolute atomic E-state index is 0.0876. The summed E-state index contributed by atoms with van der Waals surface area (Å²) in [6, 6.07) is 4.72. The van der Waals surface area contributed by atoms with Crippen molar-refractivity contribution in [3.63, 3.8) is 0 Å². The lowest BCUT2D eigenvalue weighted by Crippen LogP contribution is -2.49. The Morgan fingerprint density at radius 1 is 1.24 bits per heavy atom. The van der Waals surface area contributed by atoms with Gasteiger partial charge in [0, 0.05) is 16.6 Å². The third kappa shape index (κ3) is 4.66. The maximum Gasteiger partial charge on any atom is 0.242 e. The van der Waals surface area contributed by atoms with Crippen LogP contribution in [0.3, 0.4) is 0 Å². The average molecular weight is 396 g/mol. The zero-order chi connectivity index (χ0) is 15.5. The van der Waals surface area contributed by atoms with Crippen molar-refractivity contribution in [3.05, 3.63) is 27.7 Å². The van der Waals surface area contributed by atoms with Gasteiger partial charge in [0.25, 0.3) is 0 Å². The summed E-state index contributed by atoms with van der Waals surface area (Å²) in [5, 5.41) is 0.198. The Morgan fingerprint density at radius 2 is 1.86 bits per heavy atom. The van der Waals surface area contributed by atoms with Gasteiger partial charge in [-0.25, -0.2) is 13.1 Å². The van der Waals surface area contributed by atoms with E-state index in [4.69, 9.17) is 17.3 Å². The van der Waals surface area contributed by atoms with Crippen molar-refractivity contribution in [2.45, 2.75) is 49.0 Å². The summed E-state index contributed by atoms with van der Waals surface area (Å²) >= 11 is 9.28. The molecule has 3 N–H and O–H groups in total. The lowest BCUT2D eigenvalue weighted by Gasteiger charge is -2.28. The van der Waals surface area contributed by atoms with E-state index >= 15 is 0 Å². The molecule has 1 aliphatic rings. The Morgan fingerprint density at radius 3 is 2.43 bits per heavy atom. The standard InChI is InChI=1S/C14H20BrClN2O2S/c15-11-5-6-13(12(16)9-11)21(19,20)18-10-14(17)7-3-1-2-4-8-14/h5-6,9,18H,1-4,7-8,10,17H2. The van der Waals surface area contributed by atoms with E-state index < -0.39 is 15.6 Å². The van der Waals surface area contributed by atoms with Crippen LogP contribution in [0.4, 0.5) is 0 Å². The molecule has 1 aromatic carbocycles. The fraction of sp³-hybridized carbons (Fsp3) is 0.571. The molecule has 21 heavy (non-hydrogen) atoms. The van der Waals surface area contributed by atoms with Gasteiger partial charge in [0.15, 0.2) is 0 Å². The zero-order valence-electron chi connectivity index (χ0n) is 11.7. The molecule has 0 heterocycles. The molecule has 2 rings (SSSR count). The van der Waals surface area contributed by atoms with Crippen LogP contribution in [-0.4, -0.2) is 20.5 Å². The van der Waals surface area contributed by atoms with E-state index in [1.165, 1.54) is 18.9 Å². The summed E-state index contributed by atoms with van der Waals surface area (Å²) in [5.74, 6) is 0. The second kappa shape index (κ2) is 6.96. The smallest absolute Gasteiger partial charge is 0.242 e. The first-order valence-corrected chi connectivity index (χ1v) is 9.71. The van der Waals surface area contributed by atoms with Gasteiger partial charge in [-0.1, -0.05) is 53.2 Å². The molecule has 0 saturated heterocycles. The largest absolute Gasteiger partial charge is 0.324 e. The molecular weight excluding hydrogens is 376 g/mol. The van der Waals surface area contributed by atoms with Crippen LogP contribution in [0.15, 0.2) is 27.6 Å². The van der Waals surface area contributed by atoms with Crippen LogP contribution in [-0.2, 0) is 10.0 Å². The molecule has 1 aromatic rings. The summed E-state index contributed by atoms with van der Waals surface area (Å²) in [4.78, 5) is 0.0876. The second-order valence-corrected chi connectivity index (χ2v) is 8.73. The van der Waals surface area contributed by atoms with Crippen molar-refractivity contribution >= 4 is 37.6 Å². The quantitative estimate of drug-likeness (QED) is 0.767. The van der Waals surface area contributed by atoms with Gasteiger partial charge in [0.05, 0.1) is 5.02 Å². The fourth-order valence-electron chi connectivity index (χ4n) is 2.62. The van der Waals surface area contributed by atoms with Gasteiger partial charge in [-0.15, -0.1) is 0 Å². The van der Waals surface area contributed by atoms with E-state index in [0.717, 1.165) is 30.2 Å². The maximum absolute atomic E-state index is 12.4. The average Bonchev–Trinajstić information content (AvgIpc) is 2.62. The van der Waals surface area contributed by atoms with Crippen molar-refractivity contribution < 1.29 is 8.42 Å². The minimum atomic E-state index is -3.64. The van der Waals surface area contributed by atoms with E-state index in [0.29, 0.717) is 0 Å². The Bertz CT molecular complexity index is 599. The van der Waals surface area contributed by atoms with Crippen molar-refractivity contribution in [1.82, 2.24) is 4.72 Å². The Kier molecular flexibility index (Phi) is 5.71. The van der Waals surface area contributed by atoms with Crippen molar-refractivity contribution in [1.29, 1.82) is 0 Å². The molecule has 7 heteroatoms. The SMILES string of the molecule is NC1(CNS(=O)(=O)c2ccc(Br)cc2Cl)CCCCCC1. The molecule has 0 unspecified atom stereocenters. The molecule has 0 spiro atoms. The number of hydrogen-bond donors (Lipinski definition) is 2. The van der Waals surface area contributed by atoms with Gasteiger partial charge >= 0.3 is 0 Å². The number of halogens is 2. The maximum atomic E-state index is 12.4. The van der Waals surface area contributed by atoms with Crippen LogP contribution in [0.25, 0.3) is 0 Å². The van der Waals surface area contributed by atoms with Crippen molar-refractivity contribution in [3.8, 4) is 0 Å². The monoisotopic (exact) mass is 394 g/mol. The molecule has 0 radical (unpaired) electrons. The van der Waals surface area contributed by atoms with Crippen molar-refractivity contribution in [2.24, 2.45) is 5.73 Å². The highest BCUT2D eigenvalue weighted by Gasteiger charge is 2.29. The predicted molar refractivity (Wildman–Crippen MR) is 89.0 cm³/mol. The molecular formula is C14H20BrClN2O2S. The lowest BCUT2D eigenvalue weighted by molar-refractivity contribution is 0.369. The lowest BCUT2D eigenvalue weighted by atomic mass is 9.92. The van der Waals surface area contributed by atoms with Crippen LogP contribution in [0.1, 0.15) is 38.5 Å². The van der Waals surface area contributed by atoms with Crippen LogP contribution < -0.4 is 10.5 Å². The Balaban J connectivity index is 2.10. The molecule has 1 aliphatic carbocycles. The number of rotatable bonds is 4. The topological polar surface area (TPSA) is 72.2 Å². The normalized spacial score (nSPS) is 19.2. The minimum Gasteiger partial charge on any atom is -0.324 e. The Hall–Kier alpha value is -0.140. The number of benzene rings is 1. The van der Waals surface area contributed by atoms with Crippen molar-refractivity contribution in [2.75, 3.05) is 6.54 Å². The van der Waals surface area contributed by atoms with E-state index in [9.17, 15) is 8.42 Å². The number of hydrogen-bond acceptors (Lipinski definition) is 3. The summed E-state index contributed by atoms with van der Waals surface area (Å²) in [6.45, 7) is 0.252. The third-order valence-electron chi connectivity index (χ3n) is 3.90. The molecule has 0 aromatic heterocycles. The third-order valence-corrected chi connectivity index (χ3v) is 6.27. The fourth-order valence-corrected chi connectivity index (χ4v) is 4.79. The van der Waals surface area contributed by atoms with Crippen LogP contribution in [0.5, 0.6) is 0 Å². The van der Waals surface area contributed by atoms with E-state index in [1.807, 2.05) is 0 Å². The summed E-state index contributed by atoms with van der Waals surface area (Å²) in [6.07, 6.45) is 6.15. The molecule has 4 nitrogen and oxygen atoms in total. The highest BCUT2D eigenvalue weighted by atomic mass is 79.9. The van der Waals surface area contributed by atoms with E-state index in [2.05, 4.69) is 20.7 Å². The number of sulfonamides is 1. The molecule has 1 saturated carbocycles. The van der Waals surface area contributed by atoms with E-state index in [-0.39, 0.29) is 16.5 Å². The van der Waals surface area contributed by atoms with Gasteiger partial charge in [-0.2, -0.15) is 0 Å². The molecule has 0 aliphatic heterocycles. The Labute approximate surface area is 139 Å². The first kappa shape index (κ1) is 17.2. The summed E-state index contributed by atoms with van der Waals surface area (Å²) in [7, 11) is -3.64. The molecule has 118 valence electrons. The number of nitrogens with two attached hydrogens (primary N) is 1. The van der Waals surface area contributed by atoms with Gasteiger partial charge in [0.1, 0.15) is 4.90 Å². The zero-order valence-corrected chi connectivity index (χ0v) is 14.9. The highest BCUT2D eigenvalue weighted by molar-refractivity contribution is 9.10. The van der Waals surface area contributed by atoms with Crippen LogP contribution >= 0.6 is 27.5 Å². The van der Waals surface area contributed by atoms with Crippen LogP contribution in [0, 0.1) is 0 Å². The summed E-state index contributed by atoms with van der Waals surface area (Å²) in [5.41, 5.74) is 5.89. The van der Waals surface area contributed by atoms with Gasteiger partial charge in [-0.3, -0.25) is 0 Å². The predicted octanol–water partition coefficient (Wildman–Crippen LogP) is 3.43. The summed E-state index contributed by atoms with van der Waals surface area (Å²) < 4.78 is 28.1. The van der Waals surface area contributed by atoms with Gasteiger partial charge in [0.2, 0.25) is 10.0 Å².